The van der Waals surface area contributed by atoms with E-state index in [1.54, 1.807) is 0 Å². The van der Waals surface area contributed by atoms with Gasteiger partial charge in [0.05, 0.1) is 0 Å². The molecule has 0 spiro atoms. The number of benzene rings is 2. The monoisotopic (exact) mass is 350 g/mol. The van der Waals surface area contributed by atoms with Crippen LogP contribution in [0.15, 0.2) is 60.9 Å². The number of nitrogens with one attached hydrogen (secondary N) is 1. The van der Waals surface area contributed by atoms with Crippen LogP contribution in [0.3, 0.4) is 0 Å². The van der Waals surface area contributed by atoms with Gasteiger partial charge in [-0.05, 0) is 36.8 Å². The van der Waals surface area contributed by atoms with Crippen LogP contribution in [-0.2, 0) is 0 Å². The second-order valence-corrected chi connectivity index (χ2v) is 6.00. The van der Waals surface area contributed by atoms with Crippen molar-refractivity contribution in [2.45, 2.75) is 13.0 Å². The number of halogens is 1. The smallest absolute Gasteiger partial charge is 0.162 e. The molecule has 0 aliphatic heterocycles. The van der Waals surface area contributed by atoms with E-state index in [9.17, 15) is 0 Å². The highest BCUT2D eigenvalue weighted by Gasteiger charge is 2.11. The molecular formula is C19H15ClN4O. The van der Waals surface area contributed by atoms with Crippen molar-refractivity contribution in [2.75, 3.05) is 0 Å². The highest BCUT2D eigenvalue weighted by molar-refractivity contribution is 6.33. The minimum atomic E-state index is -0.0210. The van der Waals surface area contributed by atoms with E-state index in [2.05, 4.69) is 32.1 Å². The van der Waals surface area contributed by atoms with Crippen molar-refractivity contribution in [3.8, 4) is 17.1 Å². The minimum absolute atomic E-state index is 0.0210. The molecule has 5 nitrogen and oxygen atoms in total. The molecule has 0 aliphatic carbocycles. The molecule has 2 heterocycles. The summed E-state index contributed by atoms with van der Waals surface area (Å²) in [6.45, 7) is 2.03. The third-order valence-electron chi connectivity index (χ3n) is 3.95. The normalized spacial score (nSPS) is 12.2. The standard InChI is InChI=1S/C19H15ClN4O/c1-12(13-5-3-2-4-6-13)25-15-9-7-14(8-10-15)18-23-16-17(20)21-11-22-19(16)24-18/h2-12H,1H3,(H,21,22,23,24)/t12-/m0/s1. The number of ether oxygens (including phenoxy) is 1. The third kappa shape index (κ3) is 3.19. The van der Waals surface area contributed by atoms with Crippen LogP contribution in [0.1, 0.15) is 18.6 Å². The van der Waals surface area contributed by atoms with Gasteiger partial charge >= 0.3 is 0 Å². The lowest BCUT2D eigenvalue weighted by atomic mass is 10.1. The first-order valence-corrected chi connectivity index (χ1v) is 8.27. The fraction of sp³-hybridized carbons (Fsp3) is 0.105. The van der Waals surface area contributed by atoms with Gasteiger partial charge in [0, 0.05) is 5.56 Å². The average molecular weight is 351 g/mol. The van der Waals surface area contributed by atoms with Crippen molar-refractivity contribution in [1.29, 1.82) is 0 Å². The molecule has 2 aromatic carbocycles. The molecule has 0 aliphatic rings. The molecule has 1 atom stereocenters. The van der Waals surface area contributed by atoms with Gasteiger partial charge in [0.2, 0.25) is 0 Å². The van der Waals surface area contributed by atoms with E-state index in [4.69, 9.17) is 16.3 Å². The average Bonchev–Trinajstić information content (AvgIpc) is 3.09. The summed E-state index contributed by atoms with van der Waals surface area (Å²) in [6.07, 6.45) is 1.39. The van der Waals surface area contributed by atoms with Crippen molar-refractivity contribution >= 4 is 22.8 Å². The number of hydrogen-bond donors (Lipinski definition) is 1. The Labute approximate surface area is 149 Å². The van der Waals surface area contributed by atoms with Gasteiger partial charge in [-0.15, -0.1) is 0 Å². The Bertz CT molecular complexity index is 999. The Morgan fingerprint density at radius 1 is 1.00 bits per heavy atom. The maximum Gasteiger partial charge on any atom is 0.162 e. The van der Waals surface area contributed by atoms with Crippen molar-refractivity contribution < 1.29 is 4.74 Å². The molecule has 0 saturated heterocycles. The number of rotatable bonds is 4. The molecule has 25 heavy (non-hydrogen) atoms. The van der Waals surface area contributed by atoms with Crippen LogP contribution in [0.2, 0.25) is 5.15 Å². The van der Waals surface area contributed by atoms with Gasteiger partial charge in [-0.1, -0.05) is 41.9 Å². The summed E-state index contributed by atoms with van der Waals surface area (Å²) >= 11 is 6.04. The first-order chi connectivity index (χ1) is 12.2. The van der Waals surface area contributed by atoms with E-state index in [0.717, 1.165) is 16.9 Å². The zero-order valence-electron chi connectivity index (χ0n) is 13.5. The van der Waals surface area contributed by atoms with Crippen molar-refractivity contribution in [3.05, 3.63) is 71.6 Å². The summed E-state index contributed by atoms with van der Waals surface area (Å²) in [6, 6.07) is 17.9. The molecule has 124 valence electrons. The molecule has 6 heteroatoms. The number of nitrogens with zero attached hydrogens (tertiary/aromatic N) is 3. The van der Waals surface area contributed by atoms with Crippen LogP contribution < -0.4 is 4.74 Å². The van der Waals surface area contributed by atoms with Gasteiger partial charge in [0.1, 0.15) is 29.5 Å². The van der Waals surface area contributed by atoms with E-state index in [1.165, 1.54) is 6.33 Å². The number of aromatic amines is 1. The Morgan fingerprint density at radius 3 is 2.48 bits per heavy atom. The summed E-state index contributed by atoms with van der Waals surface area (Å²) < 4.78 is 6.00. The lowest BCUT2D eigenvalue weighted by molar-refractivity contribution is 0.227. The van der Waals surface area contributed by atoms with Crippen LogP contribution in [-0.4, -0.2) is 19.9 Å². The Balaban J connectivity index is 1.56. The van der Waals surface area contributed by atoms with E-state index in [0.29, 0.717) is 22.1 Å². The molecule has 0 saturated carbocycles. The van der Waals surface area contributed by atoms with Crippen LogP contribution in [0.4, 0.5) is 0 Å². The van der Waals surface area contributed by atoms with Crippen molar-refractivity contribution in [2.24, 2.45) is 0 Å². The fourth-order valence-corrected chi connectivity index (χ4v) is 2.80. The lowest BCUT2D eigenvalue weighted by Gasteiger charge is -2.15. The molecule has 0 amide bonds. The van der Waals surface area contributed by atoms with Crippen molar-refractivity contribution in [1.82, 2.24) is 19.9 Å². The Kier molecular flexibility index (Phi) is 4.07. The number of aromatic nitrogens is 4. The number of H-pyrrole nitrogens is 1. The van der Waals surface area contributed by atoms with Crippen LogP contribution in [0, 0.1) is 0 Å². The van der Waals surface area contributed by atoms with Gasteiger partial charge in [-0.25, -0.2) is 15.0 Å². The van der Waals surface area contributed by atoms with Gasteiger partial charge in [0.15, 0.2) is 10.8 Å². The summed E-state index contributed by atoms with van der Waals surface area (Å²) in [5, 5.41) is 0.337. The maximum atomic E-state index is 6.04. The zero-order chi connectivity index (χ0) is 17.2. The predicted molar refractivity (Wildman–Crippen MR) is 97.6 cm³/mol. The Morgan fingerprint density at radius 2 is 1.76 bits per heavy atom. The van der Waals surface area contributed by atoms with Gasteiger partial charge in [0.25, 0.3) is 0 Å². The zero-order valence-corrected chi connectivity index (χ0v) is 14.2. The van der Waals surface area contributed by atoms with E-state index >= 15 is 0 Å². The summed E-state index contributed by atoms with van der Waals surface area (Å²) in [4.78, 5) is 15.7. The highest BCUT2D eigenvalue weighted by Crippen LogP contribution is 2.26. The molecule has 4 aromatic rings. The van der Waals surface area contributed by atoms with E-state index < -0.39 is 0 Å². The molecule has 0 unspecified atom stereocenters. The maximum absolute atomic E-state index is 6.04. The molecule has 1 N–H and O–H groups in total. The third-order valence-corrected chi connectivity index (χ3v) is 4.22. The molecule has 0 radical (unpaired) electrons. The fourth-order valence-electron chi connectivity index (χ4n) is 2.62. The summed E-state index contributed by atoms with van der Waals surface area (Å²) in [5.74, 6) is 1.49. The Hall–Kier alpha value is -2.92. The van der Waals surface area contributed by atoms with E-state index in [1.807, 2.05) is 49.4 Å². The molecule has 2 aromatic heterocycles. The molecular weight excluding hydrogens is 336 g/mol. The van der Waals surface area contributed by atoms with Crippen LogP contribution in [0.5, 0.6) is 5.75 Å². The van der Waals surface area contributed by atoms with Gasteiger partial charge in [-0.3, -0.25) is 0 Å². The first kappa shape index (κ1) is 15.6. The predicted octanol–water partition coefficient (Wildman–Crippen LogP) is 4.81. The van der Waals surface area contributed by atoms with Crippen LogP contribution >= 0.6 is 11.6 Å². The molecule has 0 bridgehead atoms. The number of fused-ring (bicyclic) bond motifs is 1. The lowest BCUT2D eigenvalue weighted by Crippen LogP contribution is -2.02. The second-order valence-electron chi connectivity index (χ2n) is 5.64. The summed E-state index contributed by atoms with van der Waals surface area (Å²) in [7, 11) is 0. The summed E-state index contributed by atoms with van der Waals surface area (Å²) in [5.41, 5.74) is 3.25. The largest absolute Gasteiger partial charge is 0.486 e. The number of hydrogen-bond acceptors (Lipinski definition) is 4. The highest BCUT2D eigenvalue weighted by atomic mass is 35.5. The SMILES string of the molecule is C[C@H](Oc1ccc(-c2nc3c(Cl)ncnc3[nH]2)cc1)c1ccccc1. The van der Waals surface area contributed by atoms with E-state index in [-0.39, 0.29) is 6.10 Å². The first-order valence-electron chi connectivity index (χ1n) is 7.89. The number of imidazole rings is 1. The molecule has 0 fully saturated rings. The van der Waals surface area contributed by atoms with Crippen LogP contribution in [0.25, 0.3) is 22.6 Å². The quantitative estimate of drug-likeness (QED) is 0.536. The molecule has 4 rings (SSSR count). The minimum Gasteiger partial charge on any atom is -0.486 e. The van der Waals surface area contributed by atoms with Gasteiger partial charge in [-0.2, -0.15) is 0 Å². The van der Waals surface area contributed by atoms with Gasteiger partial charge < -0.3 is 9.72 Å². The second kappa shape index (κ2) is 6.53. The van der Waals surface area contributed by atoms with Crippen molar-refractivity contribution in [3.63, 3.8) is 0 Å². The topological polar surface area (TPSA) is 63.7 Å².